The standard InChI is InChI=1S/C22H25FN4S.ClH/c1-24-19-9-2-15(3-10-19)12-16-4-11-21(25-13-16)27-22-26-14-20(28-22)17-5-7-18(23)8-6-17;/h4-8,11,13-15,19,24H,2-3,9-10,12H2,1H3,(H,25,26,27);1H. The van der Waals surface area contributed by atoms with E-state index in [1.807, 2.05) is 12.3 Å². The number of anilines is 2. The molecule has 4 rings (SSSR count). The van der Waals surface area contributed by atoms with Gasteiger partial charge in [0, 0.05) is 18.4 Å². The van der Waals surface area contributed by atoms with Crippen molar-refractivity contribution < 1.29 is 4.39 Å². The topological polar surface area (TPSA) is 49.8 Å². The number of pyridine rings is 1. The van der Waals surface area contributed by atoms with E-state index in [-0.39, 0.29) is 18.2 Å². The Morgan fingerprint density at radius 2 is 1.76 bits per heavy atom. The molecule has 29 heavy (non-hydrogen) atoms. The Morgan fingerprint density at radius 3 is 2.41 bits per heavy atom. The summed E-state index contributed by atoms with van der Waals surface area (Å²) in [6, 6.07) is 11.3. The molecule has 0 atom stereocenters. The van der Waals surface area contributed by atoms with E-state index in [9.17, 15) is 4.39 Å². The van der Waals surface area contributed by atoms with Crippen LogP contribution < -0.4 is 10.6 Å². The van der Waals surface area contributed by atoms with Gasteiger partial charge in [-0.05, 0) is 74.4 Å². The maximum atomic E-state index is 13.1. The lowest BCUT2D eigenvalue weighted by atomic mass is 9.83. The third-order valence-electron chi connectivity index (χ3n) is 5.47. The first-order chi connectivity index (χ1) is 13.7. The monoisotopic (exact) mass is 432 g/mol. The average Bonchev–Trinajstić information content (AvgIpc) is 3.19. The van der Waals surface area contributed by atoms with E-state index in [2.05, 4.69) is 33.7 Å². The summed E-state index contributed by atoms with van der Waals surface area (Å²) in [7, 11) is 2.06. The number of benzene rings is 1. The second-order valence-electron chi connectivity index (χ2n) is 7.42. The summed E-state index contributed by atoms with van der Waals surface area (Å²) in [6.07, 6.45) is 10.0. The SMILES string of the molecule is CNC1CCC(Cc2ccc(Nc3ncc(-c4ccc(F)cc4)s3)nc2)CC1.Cl. The highest BCUT2D eigenvalue weighted by Gasteiger charge is 2.20. The summed E-state index contributed by atoms with van der Waals surface area (Å²) < 4.78 is 13.1. The zero-order chi connectivity index (χ0) is 19.3. The molecule has 0 saturated heterocycles. The van der Waals surface area contributed by atoms with Crippen molar-refractivity contribution in [1.82, 2.24) is 15.3 Å². The van der Waals surface area contributed by atoms with Crippen LogP contribution in [0.3, 0.4) is 0 Å². The summed E-state index contributed by atoms with van der Waals surface area (Å²) in [5.41, 5.74) is 2.26. The summed E-state index contributed by atoms with van der Waals surface area (Å²) in [5, 5.41) is 7.44. The average molecular weight is 433 g/mol. The second kappa shape index (κ2) is 10.1. The molecule has 0 amide bonds. The molecule has 0 aliphatic heterocycles. The minimum absolute atomic E-state index is 0. The summed E-state index contributed by atoms with van der Waals surface area (Å²) in [4.78, 5) is 9.96. The Hall–Kier alpha value is -2.02. The fourth-order valence-electron chi connectivity index (χ4n) is 3.80. The number of thiazole rings is 1. The van der Waals surface area contributed by atoms with Crippen molar-refractivity contribution in [3.8, 4) is 10.4 Å². The number of nitrogens with zero attached hydrogens (tertiary/aromatic N) is 2. The molecule has 7 heteroatoms. The van der Waals surface area contributed by atoms with Crippen LogP contribution in [0.1, 0.15) is 31.2 Å². The lowest BCUT2D eigenvalue weighted by Crippen LogP contribution is -2.30. The highest BCUT2D eigenvalue weighted by molar-refractivity contribution is 7.18. The first-order valence-electron chi connectivity index (χ1n) is 9.80. The van der Waals surface area contributed by atoms with Crippen molar-refractivity contribution >= 4 is 34.7 Å². The minimum Gasteiger partial charge on any atom is -0.317 e. The van der Waals surface area contributed by atoms with E-state index in [1.165, 1.54) is 54.7 Å². The number of aromatic nitrogens is 2. The highest BCUT2D eigenvalue weighted by Crippen LogP contribution is 2.31. The third kappa shape index (κ3) is 5.75. The number of nitrogens with one attached hydrogen (secondary N) is 2. The van der Waals surface area contributed by atoms with Crippen molar-refractivity contribution in [1.29, 1.82) is 0 Å². The van der Waals surface area contributed by atoms with E-state index in [4.69, 9.17) is 0 Å². The fraction of sp³-hybridized carbons (Fsp3) is 0.364. The van der Waals surface area contributed by atoms with Gasteiger partial charge < -0.3 is 10.6 Å². The lowest BCUT2D eigenvalue weighted by molar-refractivity contribution is 0.300. The van der Waals surface area contributed by atoms with Gasteiger partial charge in [-0.15, -0.1) is 12.4 Å². The van der Waals surface area contributed by atoms with Crippen LogP contribution in [0.5, 0.6) is 0 Å². The first kappa shape index (κ1) is 21.7. The van der Waals surface area contributed by atoms with Gasteiger partial charge in [0.15, 0.2) is 5.13 Å². The number of rotatable bonds is 6. The van der Waals surface area contributed by atoms with Crippen molar-refractivity contribution in [3.63, 3.8) is 0 Å². The van der Waals surface area contributed by atoms with Crippen LogP contribution in [0.15, 0.2) is 48.8 Å². The lowest BCUT2D eigenvalue weighted by Gasteiger charge is -2.28. The summed E-state index contributed by atoms with van der Waals surface area (Å²) >= 11 is 1.53. The van der Waals surface area contributed by atoms with Crippen LogP contribution in [0.4, 0.5) is 15.3 Å². The Kier molecular flexibility index (Phi) is 7.58. The molecule has 4 nitrogen and oxygen atoms in total. The molecule has 0 unspecified atom stereocenters. The maximum Gasteiger partial charge on any atom is 0.188 e. The predicted molar refractivity (Wildman–Crippen MR) is 121 cm³/mol. The van der Waals surface area contributed by atoms with E-state index in [1.54, 1.807) is 18.3 Å². The third-order valence-corrected chi connectivity index (χ3v) is 6.44. The van der Waals surface area contributed by atoms with E-state index >= 15 is 0 Å². The normalized spacial score (nSPS) is 18.8. The molecule has 1 fully saturated rings. The zero-order valence-electron chi connectivity index (χ0n) is 16.4. The molecule has 0 radical (unpaired) electrons. The van der Waals surface area contributed by atoms with Gasteiger partial charge in [0.05, 0.1) is 4.88 Å². The molecule has 1 saturated carbocycles. The Bertz CT molecular complexity index is 890. The van der Waals surface area contributed by atoms with Crippen LogP contribution in [0, 0.1) is 11.7 Å². The number of hydrogen-bond donors (Lipinski definition) is 2. The van der Waals surface area contributed by atoms with Crippen LogP contribution in [0.2, 0.25) is 0 Å². The molecule has 2 heterocycles. The Morgan fingerprint density at radius 1 is 1.00 bits per heavy atom. The molecule has 2 aromatic heterocycles. The summed E-state index contributed by atoms with van der Waals surface area (Å²) in [5.74, 6) is 1.33. The summed E-state index contributed by atoms with van der Waals surface area (Å²) in [6.45, 7) is 0. The van der Waals surface area contributed by atoms with Crippen LogP contribution in [-0.2, 0) is 6.42 Å². The number of halogens is 2. The van der Waals surface area contributed by atoms with Gasteiger partial charge in [0.25, 0.3) is 0 Å². The van der Waals surface area contributed by atoms with Crippen LogP contribution in [-0.4, -0.2) is 23.1 Å². The van der Waals surface area contributed by atoms with Gasteiger partial charge in [-0.1, -0.05) is 29.5 Å². The molecule has 1 aliphatic rings. The first-order valence-corrected chi connectivity index (χ1v) is 10.6. The largest absolute Gasteiger partial charge is 0.317 e. The van der Waals surface area contributed by atoms with Gasteiger partial charge >= 0.3 is 0 Å². The Balaban J connectivity index is 0.00000240. The molecular weight excluding hydrogens is 407 g/mol. The van der Waals surface area contributed by atoms with Gasteiger partial charge in [0.2, 0.25) is 0 Å². The van der Waals surface area contributed by atoms with E-state index in [0.29, 0.717) is 6.04 Å². The fourth-order valence-corrected chi connectivity index (χ4v) is 4.63. The Labute approximate surface area is 181 Å². The van der Waals surface area contributed by atoms with Gasteiger partial charge in [-0.25, -0.2) is 14.4 Å². The van der Waals surface area contributed by atoms with Crippen molar-refractivity contribution in [2.75, 3.05) is 12.4 Å². The van der Waals surface area contributed by atoms with Crippen LogP contribution >= 0.6 is 23.7 Å². The molecule has 2 N–H and O–H groups in total. The van der Waals surface area contributed by atoms with E-state index < -0.39 is 0 Å². The quantitative estimate of drug-likeness (QED) is 0.514. The highest BCUT2D eigenvalue weighted by atomic mass is 35.5. The van der Waals surface area contributed by atoms with Crippen LogP contribution in [0.25, 0.3) is 10.4 Å². The van der Waals surface area contributed by atoms with Gasteiger partial charge in [-0.2, -0.15) is 0 Å². The predicted octanol–water partition coefficient (Wildman–Crippen LogP) is 5.83. The number of hydrogen-bond acceptors (Lipinski definition) is 5. The van der Waals surface area contributed by atoms with Crippen molar-refractivity contribution in [2.45, 2.75) is 38.1 Å². The molecular formula is C22H26ClFN4S. The van der Waals surface area contributed by atoms with E-state index in [0.717, 1.165) is 33.7 Å². The second-order valence-corrected chi connectivity index (χ2v) is 8.45. The molecule has 1 aliphatic carbocycles. The van der Waals surface area contributed by atoms with Gasteiger partial charge in [-0.3, -0.25) is 0 Å². The molecule has 1 aromatic carbocycles. The maximum absolute atomic E-state index is 13.1. The molecule has 3 aromatic rings. The van der Waals surface area contributed by atoms with Gasteiger partial charge in [0.1, 0.15) is 11.6 Å². The molecule has 0 bridgehead atoms. The minimum atomic E-state index is -0.231. The molecule has 154 valence electrons. The smallest absolute Gasteiger partial charge is 0.188 e. The molecule has 0 spiro atoms. The zero-order valence-corrected chi connectivity index (χ0v) is 18.0. The van der Waals surface area contributed by atoms with Crippen molar-refractivity contribution in [2.24, 2.45) is 5.92 Å². The van der Waals surface area contributed by atoms with Crippen molar-refractivity contribution in [3.05, 3.63) is 60.2 Å².